The molecule has 0 spiro atoms. The molecule has 12 bridgehead atoms. The molecule has 0 aliphatic carbocycles. The highest BCUT2D eigenvalue weighted by molar-refractivity contribution is 7.41. The summed E-state index contributed by atoms with van der Waals surface area (Å²) in [5.74, 6) is 0. The van der Waals surface area contributed by atoms with Gasteiger partial charge in [-0.05, 0) is 274 Å². The lowest BCUT2D eigenvalue weighted by atomic mass is 9.71. The van der Waals surface area contributed by atoms with E-state index >= 15 is 0 Å². The summed E-state index contributed by atoms with van der Waals surface area (Å²) in [6.45, 7) is 90.7. The van der Waals surface area contributed by atoms with Crippen LogP contribution in [0.2, 0.25) is 0 Å². The molecule has 21 unspecified atom stereocenters. The Kier molecular flexibility index (Phi) is 24.6. The number of likely N-dealkylation sites (tertiary alicyclic amines) is 4. The summed E-state index contributed by atoms with van der Waals surface area (Å²) in [6.07, 6.45) is 20.3. The van der Waals surface area contributed by atoms with Gasteiger partial charge in [-0.25, -0.2) is 0 Å². The molecule has 0 N–H and O–H groups in total. The average Bonchev–Trinajstić information content (AvgIpc) is 1.59. The van der Waals surface area contributed by atoms with Crippen molar-refractivity contribution < 1.29 is 0 Å². The second-order valence-electron chi connectivity index (χ2n) is 44.6. The smallest absolute Gasteiger partial charge is 0.0306 e. The molecule has 12 heterocycles. The quantitative estimate of drug-likeness (QED) is 0.224. The molecule has 12 heteroatoms. The summed E-state index contributed by atoms with van der Waals surface area (Å²) in [6, 6.07) is 6.06. The van der Waals surface area contributed by atoms with Crippen molar-refractivity contribution in [1.82, 2.24) is 29.4 Å². The Bertz CT molecular complexity index is 2330. The summed E-state index contributed by atoms with van der Waals surface area (Å²) in [7, 11) is 7.24. The van der Waals surface area contributed by atoms with E-state index in [0.717, 1.165) is 70.6 Å². The van der Waals surface area contributed by atoms with Crippen LogP contribution in [0.4, 0.5) is 0 Å². The van der Waals surface area contributed by atoms with Gasteiger partial charge in [0.15, 0.2) is 0 Å². The monoisotopic (exact) mass is 1390 g/mol. The molecule has 0 aromatic carbocycles. The van der Waals surface area contributed by atoms with E-state index in [1.807, 2.05) is 0 Å². The first-order valence-corrected chi connectivity index (χ1v) is 45.9. The van der Waals surface area contributed by atoms with Crippen molar-refractivity contribution in [2.45, 2.75) is 421 Å². The molecule has 12 aliphatic heterocycles. The zero-order chi connectivity index (χ0) is 70.2. The number of rotatable bonds is 0. The van der Waals surface area contributed by atoms with Crippen molar-refractivity contribution in [2.24, 2.45) is 32.5 Å². The fourth-order valence-electron chi connectivity index (χ4n) is 21.3. The Balaban J connectivity index is 0.000000157. The molecule has 540 valence electrons. The average molecular weight is 1390 g/mol. The van der Waals surface area contributed by atoms with Gasteiger partial charge in [-0.15, -0.1) is 51.5 Å². The Labute approximate surface area is 587 Å². The molecule has 0 aromatic rings. The predicted molar refractivity (Wildman–Crippen MR) is 431 cm³/mol. The Morgan fingerprint density at radius 2 is 0.935 bits per heavy atom. The molecule has 6 nitrogen and oxygen atoms in total. The third kappa shape index (κ3) is 17.4. The molecule has 12 fully saturated rings. The molecule has 0 amide bonds. The second kappa shape index (κ2) is 27.8. The molecule has 0 radical (unpaired) electrons. The van der Waals surface area contributed by atoms with Crippen molar-refractivity contribution >= 4 is 51.5 Å². The van der Waals surface area contributed by atoms with E-state index in [-0.39, 0.29) is 0 Å². The van der Waals surface area contributed by atoms with Crippen molar-refractivity contribution in [1.29, 1.82) is 0 Å². The molecular formula is C80H160N6P6. The van der Waals surface area contributed by atoms with Gasteiger partial charge in [-0.1, -0.05) is 125 Å². The molecule has 12 saturated heterocycles. The highest BCUT2D eigenvalue weighted by Crippen LogP contribution is 2.63. The van der Waals surface area contributed by atoms with E-state index in [0.29, 0.717) is 82.0 Å². The topological polar surface area (TPSA) is 19.4 Å². The van der Waals surface area contributed by atoms with Crippen LogP contribution in [0, 0.1) is 32.5 Å². The van der Waals surface area contributed by atoms with Crippen LogP contribution >= 0.6 is 51.5 Å². The Morgan fingerprint density at radius 1 is 0.380 bits per heavy atom. The normalized spacial score (nSPS) is 38.9. The molecule has 12 aliphatic rings. The van der Waals surface area contributed by atoms with Crippen LogP contribution in [0.25, 0.3) is 0 Å². The van der Waals surface area contributed by atoms with Crippen LogP contribution in [0.1, 0.15) is 301 Å². The van der Waals surface area contributed by atoms with Gasteiger partial charge < -0.3 is 0 Å². The maximum absolute atomic E-state index is 2.89. The lowest BCUT2D eigenvalue weighted by Gasteiger charge is -2.57. The van der Waals surface area contributed by atoms with E-state index in [2.05, 4.69) is 279 Å². The van der Waals surface area contributed by atoms with Crippen LogP contribution in [0.3, 0.4) is 0 Å². The zero-order valence-electron chi connectivity index (χ0n) is 68.1. The van der Waals surface area contributed by atoms with E-state index < -0.39 is 0 Å². The van der Waals surface area contributed by atoms with Gasteiger partial charge in [0.1, 0.15) is 0 Å². The first-order chi connectivity index (χ1) is 41.1. The summed E-state index contributed by atoms with van der Waals surface area (Å²) < 4.78 is 0. The number of hydrogen-bond donors (Lipinski definition) is 0. The molecule has 21 atom stereocenters. The third-order valence-corrected chi connectivity index (χ3v) is 38.0. The van der Waals surface area contributed by atoms with Crippen LogP contribution in [-0.4, -0.2) is 206 Å². The van der Waals surface area contributed by atoms with Gasteiger partial charge in [-0.3, -0.25) is 29.4 Å². The van der Waals surface area contributed by atoms with E-state index in [4.69, 9.17) is 0 Å². The number of nitrogens with zero attached hydrogens (tertiary/aromatic N) is 6. The molecular weight excluding hydrogens is 1230 g/mol. The standard InChI is InChI=1S/2C14H28NP.4C13H26NP/c1-12(2,3)14-8-7-11(9-16-10-14)15(14)13(4,5)6;1-13(2,3)12-11-8-7-10(9-16-12)15(11)14(4,5)6;1-11(2,3)13-7-10(8-15-13)14(9-13)12(4,5)6;1-11(2,3)13-7-10(15-9-13)8-14(13)12(4,5)6;1-12(2,3)11-10-7-9(8-15-10)14(11)13(4,5)6;1-12(2,3)11-10-7-9(15-11)8-14(10)13(4,5)6/h11,16H,7-10H2,1-6H3;10-12,16H,7-9H2,1-6H3;2*10,15H,7-9H2,1-6H3;2*9-11,15H,7-8H2,1-6H3. The van der Waals surface area contributed by atoms with Gasteiger partial charge in [0, 0.05) is 111 Å². The summed E-state index contributed by atoms with van der Waals surface area (Å²) in [4.78, 5) is 16.9. The van der Waals surface area contributed by atoms with Gasteiger partial charge in [0.05, 0.1) is 0 Å². The highest BCUT2D eigenvalue weighted by Gasteiger charge is 2.62. The van der Waals surface area contributed by atoms with Crippen molar-refractivity contribution in [3.63, 3.8) is 0 Å². The largest absolute Gasteiger partial charge is 0.294 e. The summed E-state index contributed by atoms with van der Waals surface area (Å²) in [5, 5.41) is 0.630. The molecule has 0 aromatic heterocycles. The Hall–Kier alpha value is 2.34. The SMILES string of the molecule is CC(C)(C)C1C2CC(CP2)N1C(C)(C)C.CC(C)(C)C1PC2CC1N(C(C)(C)C)C2.CC(C)(C)C1PCC2CCC1N2C(C)(C)C.CC(C)(C)N1C2CCC1(C(C)(C)C)CPC2.CC(C)(C)N1CC2(C(C)(C)C)CC1CP2.CC(C)(C)N1CC2CC1(C(C)(C)C)CP2. The van der Waals surface area contributed by atoms with E-state index in [9.17, 15) is 0 Å². The van der Waals surface area contributed by atoms with Crippen LogP contribution in [-0.2, 0) is 0 Å². The zero-order valence-corrected chi connectivity index (χ0v) is 74.1. The molecule has 92 heavy (non-hydrogen) atoms. The minimum Gasteiger partial charge on any atom is -0.294 e. The first kappa shape index (κ1) is 81.6. The number of fused-ring (bicyclic) bond motifs is 12. The summed E-state index contributed by atoms with van der Waals surface area (Å²) >= 11 is 0. The minimum absolute atomic E-state index is 0.333. The number of hydrogen-bond acceptors (Lipinski definition) is 6. The van der Waals surface area contributed by atoms with E-state index in [1.165, 1.54) is 159 Å². The maximum atomic E-state index is 2.89. The molecule has 12 rings (SSSR count). The van der Waals surface area contributed by atoms with Crippen molar-refractivity contribution in [3.8, 4) is 0 Å². The van der Waals surface area contributed by atoms with Crippen molar-refractivity contribution in [2.75, 3.05) is 56.6 Å². The summed E-state index contributed by atoms with van der Waals surface area (Å²) in [5.41, 5.74) is 10.7. The van der Waals surface area contributed by atoms with Gasteiger partial charge in [-0.2, -0.15) is 0 Å². The first-order valence-electron chi connectivity index (χ1n) is 38.2. The molecule has 0 saturated carbocycles. The van der Waals surface area contributed by atoms with Gasteiger partial charge in [0.2, 0.25) is 0 Å². The fraction of sp³-hybridized carbons (Fsp3) is 1.00. The van der Waals surface area contributed by atoms with Gasteiger partial charge in [0.25, 0.3) is 0 Å². The van der Waals surface area contributed by atoms with Crippen LogP contribution in [0.15, 0.2) is 0 Å². The van der Waals surface area contributed by atoms with Gasteiger partial charge >= 0.3 is 0 Å². The van der Waals surface area contributed by atoms with Crippen LogP contribution in [0.5, 0.6) is 0 Å². The lowest BCUT2D eigenvalue weighted by Crippen LogP contribution is -2.65. The van der Waals surface area contributed by atoms with Crippen LogP contribution < -0.4 is 0 Å². The highest BCUT2D eigenvalue weighted by atomic mass is 31.1. The third-order valence-electron chi connectivity index (χ3n) is 25.5. The predicted octanol–water partition coefficient (Wildman–Crippen LogP) is 20.8. The fourth-order valence-corrected chi connectivity index (χ4v) is 34.6. The van der Waals surface area contributed by atoms with E-state index in [1.54, 1.807) is 0 Å². The van der Waals surface area contributed by atoms with Crippen molar-refractivity contribution in [3.05, 3.63) is 0 Å². The Morgan fingerprint density at radius 3 is 1.34 bits per heavy atom. The lowest BCUT2D eigenvalue weighted by molar-refractivity contribution is -0.0396. The maximum Gasteiger partial charge on any atom is 0.0306 e. The minimum atomic E-state index is 0.333. The second-order valence-corrected chi connectivity index (χ2v) is 53.9.